The van der Waals surface area contributed by atoms with Gasteiger partial charge < -0.3 is 14.2 Å². The Morgan fingerprint density at radius 2 is 1.94 bits per heavy atom. The van der Waals surface area contributed by atoms with Crippen LogP contribution in [0.25, 0.3) is 16.2 Å². The Balaban J connectivity index is 1.71. The Morgan fingerprint density at radius 1 is 1.16 bits per heavy atom. The molecule has 3 heterocycles. The highest BCUT2D eigenvalue weighted by Crippen LogP contribution is 2.36. The second kappa shape index (κ2) is 8.50. The molecule has 3 aromatic heterocycles. The quantitative estimate of drug-likeness (QED) is 0.380. The van der Waals surface area contributed by atoms with Gasteiger partial charge in [0.2, 0.25) is 5.88 Å². The monoisotopic (exact) mass is 463 g/mol. The molecule has 0 spiro atoms. The van der Waals surface area contributed by atoms with Crippen molar-refractivity contribution in [3.05, 3.63) is 64.8 Å². The minimum absolute atomic E-state index is 0.0527. The van der Waals surface area contributed by atoms with Gasteiger partial charge in [-0.15, -0.1) is 11.3 Å². The molecule has 11 heteroatoms. The second-order valence-electron chi connectivity index (χ2n) is 6.52. The Morgan fingerprint density at radius 3 is 2.66 bits per heavy atom. The van der Waals surface area contributed by atoms with Gasteiger partial charge >= 0.3 is 12.1 Å². The molecule has 4 aromatic rings. The van der Waals surface area contributed by atoms with Gasteiger partial charge in [-0.1, -0.05) is 18.2 Å². The van der Waals surface area contributed by atoms with Gasteiger partial charge in [-0.2, -0.15) is 18.2 Å². The van der Waals surface area contributed by atoms with E-state index in [-0.39, 0.29) is 22.8 Å². The van der Waals surface area contributed by atoms with Gasteiger partial charge in [0.25, 0.3) is 0 Å². The lowest BCUT2D eigenvalue weighted by molar-refractivity contribution is -0.138. The van der Waals surface area contributed by atoms with E-state index in [1.807, 2.05) is 0 Å². The summed E-state index contributed by atoms with van der Waals surface area (Å²) in [5.41, 5.74) is 0.228. The molecule has 1 aromatic carbocycles. The largest absolute Gasteiger partial charge is 0.487 e. The van der Waals surface area contributed by atoms with Crippen LogP contribution in [0.15, 0.2) is 48.8 Å². The summed E-state index contributed by atoms with van der Waals surface area (Å²) in [4.78, 5) is 21.0. The molecule has 7 nitrogen and oxygen atoms in total. The predicted octanol–water partition coefficient (Wildman–Crippen LogP) is 4.88. The Kier molecular flexibility index (Phi) is 5.74. The van der Waals surface area contributed by atoms with E-state index in [9.17, 15) is 18.0 Å². The van der Waals surface area contributed by atoms with Gasteiger partial charge in [-0.05, 0) is 12.1 Å². The zero-order valence-electron chi connectivity index (χ0n) is 16.8. The molecule has 0 fully saturated rings. The molecule has 4 rings (SSSR count). The maximum atomic E-state index is 13.3. The van der Waals surface area contributed by atoms with Crippen molar-refractivity contribution < 1.29 is 32.2 Å². The number of pyridine rings is 1. The highest BCUT2D eigenvalue weighted by molar-refractivity contribution is 7.16. The number of imidazole rings is 1. The van der Waals surface area contributed by atoms with Crippen molar-refractivity contribution in [1.82, 2.24) is 14.5 Å². The molecule has 0 aliphatic rings. The van der Waals surface area contributed by atoms with Crippen LogP contribution < -0.4 is 9.47 Å². The summed E-state index contributed by atoms with van der Waals surface area (Å²) in [6, 6.07) is 10.0. The number of methoxy groups -OCH3 is 2. The molecular formula is C21H16F3N3O4S. The highest BCUT2D eigenvalue weighted by Gasteiger charge is 2.33. The van der Waals surface area contributed by atoms with Crippen LogP contribution in [0.2, 0.25) is 0 Å². The zero-order valence-corrected chi connectivity index (χ0v) is 17.7. The van der Waals surface area contributed by atoms with Gasteiger partial charge in [0.15, 0.2) is 10.5 Å². The number of benzene rings is 1. The maximum absolute atomic E-state index is 13.3. The van der Waals surface area contributed by atoms with Crippen LogP contribution in [0.1, 0.15) is 20.8 Å². The number of nitrogens with zero attached hydrogens (tertiary/aromatic N) is 3. The first kappa shape index (κ1) is 21.6. The lowest BCUT2D eigenvalue weighted by Gasteiger charge is -2.13. The SMILES string of the molecule is COC(=O)c1sc(-n2cnc3ccc(OC)nc32)cc1OCc1ccccc1C(F)(F)F. The summed E-state index contributed by atoms with van der Waals surface area (Å²) >= 11 is 1.04. The first-order chi connectivity index (χ1) is 15.3. The number of ether oxygens (including phenoxy) is 3. The van der Waals surface area contributed by atoms with E-state index in [4.69, 9.17) is 14.2 Å². The number of esters is 1. The molecule has 0 N–H and O–H groups in total. The first-order valence-electron chi connectivity index (χ1n) is 9.20. The third-order valence-electron chi connectivity index (χ3n) is 4.58. The Hall–Kier alpha value is -3.60. The summed E-state index contributed by atoms with van der Waals surface area (Å²) in [6.45, 7) is -0.382. The predicted molar refractivity (Wildman–Crippen MR) is 110 cm³/mol. The van der Waals surface area contributed by atoms with Gasteiger partial charge in [0.1, 0.15) is 29.2 Å². The fourth-order valence-electron chi connectivity index (χ4n) is 3.05. The van der Waals surface area contributed by atoms with E-state index < -0.39 is 17.7 Å². The van der Waals surface area contributed by atoms with Crippen LogP contribution in [0.4, 0.5) is 13.2 Å². The molecule has 0 atom stereocenters. The molecule has 0 saturated heterocycles. The van der Waals surface area contributed by atoms with E-state index in [1.165, 1.54) is 44.8 Å². The van der Waals surface area contributed by atoms with Crippen LogP contribution >= 0.6 is 11.3 Å². The molecule has 0 aliphatic heterocycles. The number of aromatic nitrogens is 3. The van der Waals surface area contributed by atoms with Crippen molar-refractivity contribution >= 4 is 28.5 Å². The fraction of sp³-hybridized carbons (Fsp3) is 0.190. The number of halogens is 3. The summed E-state index contributed by atoms with van der Waals surface area (Å²) < 4.78 is 57.1. The van der Waals surface area contributed by atoms with Gasteiger partial charge in [-0.25, -0.2) is 9.78 Å². The van der Waals surface area contributed by atoms with Crippen molar-refractivity contribution in [2.45, 2.75) is 12.8 Å². The third-order valence-corrected chi connectivity index (χ3v) is 5.67. The number of carbonyl (C=O) groups is 1. The molecule has 0 aliphatic carbocycles. The van der Waals surface area contributed by atoms with Crippen LogP contribution in [-0.4, -0.2) is 34.7 Å². The third kappa shape index (κ3) is 4.11. The summed E-state index contributed by atoms with van der Waals surface area (Å²) in [5, 5.41) is 0.521. The number of thiophene rings is 1. The minimum atomic E-state index is -4.52. The van der Waals surface area contributed by atoms with E-state index in [1.54, 1.807) is 16.7 Å². The lowest BCUT2D eigenvalue weighted by Crippen LogP contribution is -2.11. The minimum Gasteiger partial charge on any atom is -0.487 e. The van der Waals surface area contributed by atoms with Gasteiger partial charge in [0.05, 0.1) is 19.8 Å². The molecule has 0 bridgehead atoms. The molecule has 0 unspecified atom stereocenters. The molecule has 166 valence electrons. The maximum Gasteiger partial charge on any atom is 0.416 e. The number of alkyl halides is 3. The number of carbonyl (C=O) groups excluding carboxylic acids is 1. The van der Waals surface area contributed by atoms with Crippen LogP contribution in [0, 0.1) is 0 Å². The fourth-order valence-corrected chi connectivity index (χ4v) is 4.04. The van der Waals surface area contributed by atoms with E-state index in [0.29, 0.717) is 22.0 Å². The van der Waals surface area contributed by atoms with Crippen LogP contribution in [0.5, 0.6) is 11.6 Å². The van der Waals surface area contributed by atoms with Crippen molar-refractivity contribution in [2.24, 2.45) is 0 Å². The van der Waals surface area contributed by atoms with Crippen LogP contribution in [0.3, 0.4) is 0 Å². The molecule has 0 radical (unpaired) electrons. The topological polar surface area (TPSA) is 75.5 Å². The Bertz CT molecular complexity index is 1280. The zero-order chi connectivity index (χ0) is 22.9. The van der Waals surface area contributed by atoms with Gasteiger partial charge in [-0.3, -0.25) is 4.57 Å². The second-order valence-corrected chi connectivity index (χ2v) is 7.55. The number of fused-ring (bicyclic) bond motifs is 1. The van der Waals surface area contributed by atoms with Crippen molar-refractivity contribution in [1.29, 1.82) is 0 Å². The standard InChI is InChI=1S/C21H16F3N3O4S/c1-29-16-8-7-14-19(26-16)27(11-25-14)17-9-15(18(32-17)20(28)30-2)31-10-12-5-3-4-6-13(12)21(22,23)24/h3-9,11H,10H2,1-2H3. The lowest BCUT2D eigenvalue weighted by atomic mass is 10.1. The number of hydrogen-bond acceptors (Lipinski definition) is 7. The Labute approximate surface area is 184 Å². The summed E-state index contributed by atoms with van der Waals surface area (Å²) in [6.07, 6.45) is -3.00. The number of rotatable bonds is 6. The first-order valence-corrected chi connectivity index (χ1v) is 10.0. The molecule has 0 amide bonds. The van der Waals surface area contributed by atoms with E-state index >= 15 is 0 Å². The smallest absolute Gasteiger partial charge is 0.416 e. The van der Waals surface area contributed by atoms with Crippen molar-refractivity contribution in [2.75, 3.05) is 14.2 Å². The molecule has 32 heavy (non-hydrogen) atoms. The summed E-state index contributed by atoms with van der Waals surface area (Å²) in [5.74, 6) is -0.196. The average Bonchev–Trinajstić information content (AvgIpc) is 3.40. The number of hydrogen-bond donors (Lipinski definition) is 0. The molecule has 0 saturated carbocycles. The van der Waals surface area contributed by atoms with Gasteiger partial charge in [0, 0.05) is 17.7 Å². The van der Waals surface area contributed by atoms with Crippen LogP contribution in [-0.2, 0) is 17.5 Å². The van der Waals surface area contributed by atoms with Crippen molar-refractivity contribution in [3.8, 4) is 16.6 Å². The average molecular weight is 463 g/mol. The normalized spacial score (nSPS) is 11.5. The summed E-state index contributed by atoms with van der Waals surface area (Å²) in [7, 11) is 2.70. The van der Waals surface area contributed by atoms with E-state index in [0.717, 1.165) is 17.4 Å². The molecular weight excluding hydrogens is 447 g/mol. The van der Waals surface area contributed by atoms with E-state index in [2.05, 4.69) is 9.97 Å². The highest BCUT2D eigenvalue weighted by atomic mass is 32.1. The van der Waals surface area contributed by atoms with Crippen molar-refractivity contribution in [3.63, 3.8) is 0 Å².